The first-order chi connectivity index (χ1) is 6.76. The molecule has 1 rings (SSSR count). The molecule has 0 aliphatic rings. The Balaban J connectivity index is 2.55. The largest absolute Gasteiger partial charge is 0.497 e. The van der Waals surface area contributed by atoms with Gasteiger partial charge in [-0.15, -0.1) is 0 Å². The Hall–Kier alpha value is -0.780. The molecule has 1 N–H and O–H groups in total. The van der Waals surface area contributed by atoms with E-state index in [1.807, 2.05) is 24.3 Å². The highest BCUT2D eigenvalue weighted by atomic mass is 127. The number of hydrogen-bond acceptors (Lipinski definition) is 2. The summed E-state index contributed by atoms with van der Waals surface area (Å²) in [6, 6.07) is 7.28. The Bertz CT molecular complexity index is 297. The van der Waals surface area contributed by atoms with Crippen molar-refractivity contribution in [3.63, 3.8) is 0 Å². The standard InChI is InChI=1S/C10H12INO2/c1-14-9-4-2-8(3-5-9)12-10(13)6-7-11/h2-5H,6-7H2,1H3,(H,12,13). The minimum absolute atomic E-state index is 0.0459. The predicted molar refractivity (Wildman–Crippen MR) is 65.1 cm³/mol. The van der Waals surface area contributed by atoms with Crippen molar-refractivity contribution in [3.05, 3.63) is 24.3 Å². The monoisotopic (exact) mass is 305 g/mol. The molecule has 0 heterocycles. The molecule has 1 aromatic rings. The van der Waals surface area contributed by atoms with Crippen LogP contribution in [0.5, 0.6) is 5.75 Å². The molecule has 0 bridgehead atoms. The fourth-order valence-corrected chi connectivity index (χ4v) is 1.47. The Kier molecular flexibility index (Phi) is 4.72. The zero-order valence-corrected chi connectivity index (χ0v) is 10.1. The second-order valence-electron chi connectivity index (χ2n) is 2.72. The number of alkyl halides is 1. The van der Waals surface area contributed by atoms with Crippen molar-refractivity contribution in [3.8, 4) is 5.75 Å². The minimum atomic E-state index is 0.0459. The van der Waals surface area contributed by atoms with Gasteiger partial charge >= 0.3 is 0 Å². The molecule has 0 unspecified atom stereocenters. The number of carbonyl (C=O) groups is 1. The van der Waals surface area contributed by atoms with Gasteiger partial charge in [0.2, 0.25) is 5.91 Å². The molecule has 0 fully saturated rings. The van der Waals surface area contributed by atoms with Crippen molar-refractivity contribution in [2.75, 3.05) is 16.9 Å². The van der Waals surface area contributed by atoms with Gasteiger partial charge in [-0.1, -0.05) is 22.6 Å². The summed E-state index contributed by atoms with van der Waals surface area (Å²) in [5, 5.41) is 2.79. The molecule has 0 aromatic heterocycles. The number of halogens is 1. The molecule has 3 nitrogen and oxygen atoms in total. The number of amides is 1. The Morgan fingerprint density at radius 1 is 1.43 bits per heavy atom. The predicted octanol–water partition coefficient (Wildman–Crippen LogP) is 2.46. The van der Waals surface area contributed by atoms with Crippen LogP contribution in [0.4, 0.5) is 5.69 Å². The molecule has 0 saturated heterocycles. The molecular formula is C10H12INO2. The highest BCUT2D eigenvalue weighted by Crippen LogP contribution is 2.15. The van der Waals surface area contributed by atoms with E-state index in [4.69, 9.17) is 4.74 Å². The van der Waals surface area contributed by atoms with E-state index >= 15 is 0 Å². The first-order valence-electron chi connectivity index (χ1n) is 4.26. The lowest BCUT2D eigenvalue weighted by atomic mass is 10.3. The summed E-state index contributed by atoms with van der Waals surface area (Å²) in [4.78, 5) is 11.2. The van der Waals surface area contributed by atoms with Crippen LogP contribution in [-0.4, -0.2) is 17.4 Å². The van der Waals surface area contributed by atoms with E-state index in [1.54, 1.807) is 7.11 Å². The summed E-state index contributed by atoms with van der Waals surface area (Å²) in [5.74, 6) is 0.835. The van der Waals surface area contributed by atoms with Crippen molar-refractivity contribution in [2.45, 2.75) is 6.42 Å². The fraction of sp³-hybridized carbons (Fsp3) is 0.300. The molecule has 4 heteroatoms. The number of hydrogen-bond donors (Lipinski definition) is 1. The molecule has 1 amide bonds. The van der Waals surface area contributed by atoms with Gasteiger partial charge in [0.25, 0.3) is 0 Å². The molecule has 0 spiro atoms. The average molecular weight is 305 g/mol. The zero-order valence-electron chi connectivity index (χ0n) is 7.92. The molecule has 0 aliphatic heterocycles. The lowest BCUT2D eigenvalue weighted by Crippen LogP contribution is -2.11. The Morgan fingerprint density at radius 2 is 2.07 bits per heavy atom. The van der Waals surface area contributed by atoms with Gasteiger partial charge < -0.3 is 10.1 Å². The van der Waals surface area contributed by atoms with E-state index in [0.29, 0.717) is 6.42 Å². The fourth-order valence-electron chi connectivity index (χ4n) is 0.984. The number of ether oxygens (including phenoxy) is 1. The van der Waals surface area contributed by atoms with Crippen LogP contribution < -0.4 is 10.1 Å². The van der Waals surface area contributed by atoms with Crippen LogP contribution in [0.1, 0.15) is 6.42 Å². The SMILES string of the molecule is COc1ccc(NC(=O)CCI)cc1. The van der Waals surface area contributed by atoms with Crippen molar-refractivity contribution < 1.29 is 9.53 Å². The first-order valence-corrected chi connectivity index (χ1v) is 5.78. The Morgan fingerprint density at radius 3 is 2.57 bits per heavy atom. The van der Waals surface area contributed by atoms with E-state index in [2.05, 4.69) is 27.9 Å². The van der Waals surface area contributed by atoms with E-state index in [9.17, 15) is 4.79 Å². The topological polar surface area (TPSA) is 38.3 Å². The third-order valence-electron chi connectivity index (χ3n) is 1.70. The number of carbonyl (C=O) groups excluding carboxylic acids is 1. The second kappa shape index (κ2) is 5.85. The normalized spacial score (nSPS) is 9.57. The third-order valence-corrected chi connectivity index (χ3v) is 2.23. The summed E-state index contributed by atoms with van der Waals surface area (Å²) < 4.78 is 5.84. The van der Waals surface area contributed by atoms with Gasteiger partial charge in [0.1, 0.15) is 5.75 Å². The highest BCUT2D eigenvalue weighted by molar-refractivity contribution is 14.1. The van der Waals surface area contributed by atoms with Crippen molar-refractivity contribution >= 4 is 34.2 Å². The summed E-state index contributed by atoms with van der Waals surface area (Å²) in [5.41, 5.74) is 0.806. The van der Waals surface area contributed by atoms with Crippen LogP contribution >= 0.6 is 22.6 Å². The van der Waals surface area contributed by atoms with Crippen LogP contribution in [0, 0.1) is 0 Å². The quantitative estimate of drug-likeness (QED) is 0.685. The van der Waals surface area contributed by atoms with Gasteiger partial charge in [-0.05, 0) is 24.3 Å². The average Bonchev–Trinajstić information content (AvgIpc) is 2.19. The maximum Gasteiger partial charge on any atom is 0.225 e. The van der Waals surface area contributed by atoms with Crippen LogP contribution in [-0.2, 0) is 4.79 Å². The zero-order chi connectivity index (χ0) is 10.4. The molecule has 14 heavy (non-hydrogen) atoms. The summed E-state index contributed by atoms with van der Waals surface area (Å²) in [7, 11) is 1.61. The van der Waals surface area contributed by atoms with E-state index in [0.717, 1.165) is 15.9 Å². The van der Waals surface area contributed by atoms with Gasteiger partial charge in [0.05, 0.1) is 7.11 Å². The molecule has 1 aromatic carbocycles. The molecule has 0 saturated carbocycles. The van der Waals surface area contributed by atoms with Gasteiger partial charge in [-0.3, -0.25) is 4.79 Å². The highest BCUT2D eigenvalue weighted by Gasteiger charge is 2.00. The van der Waals surface area contributed by atoms with Crippen LogP contribution in [0.3, 0.4) is 0 Å². The molecule has 0 aliphatic carbocycles. The van der Waals surface area contributed by atoms with Crippen molar-refractivity contribution in [2.24, 2.45) is 0 Å². The van der Waals surface area contributed by atoms with Gasteiger partial charge in [0.15, 0.2) is 0 Å². The van der Waals surface area contributed by atoms with E-state index in [-0.39, 0.29) is 5.91 Å². The summed E-state index contributed by atoms with van der Waals surface area (Å²) in [6.45, 7) is 0. The molecule has 0 atom stereocenters. The minimum Gasteiger partial charge on any atom is -0.497 e. The molecule has 0 radical (unpaired) electrons. The van der Waals surface area contributed by atoms with Crippen molar-refractivity contribution in [1.82, 2.24) is 0 Å². The van der Waals surface area contributed by atoms with Crippen molar-refractivity contribution in [1.29, 1.82) is 0 Å². The second-order valence-corrected chi connectivity index (χ2v) is 3.79. The van der Waals surface area contributed by atoms with Crippen LogP contribution in [0.25, 0.3) is 0 Å². The Labute approximate surface area is 97.0 Å². The number of methoxy groups -OCH3 is 1. The van der Waals surface area contributed by atoms with E-state index in [1.165, 1.54) is 0 Å². The smallest absolute Gasteiger partial charge is 0.225 e. The molecular weight excluding hydrogens is 293 g/mol. The van der Waals surface area contributed by atoms with Gasteiger partial charge in [-0.25, -0.2) is 0 Å². The summed E-state index contributed by atoms with van der Waals surface area (Å²) in [6.07, 6.45) is 0.548. The lowest BCUT2D eigenvalue weighted by Gasteiger charge is -2.04. The molecule has 76 valence electrons. The van der Waals surface area contributed by atoms with Crippen LogP contribution in [0.15, 0.2) is 24.3 Å². The summed E-state index contributed by atoms with van der Waals surface area (Å²) >= 11 is 2.18. The number of rotatable bonds is 4. The maximum absolute atomic E-state index is 11.2. The first kappa shape index (κ1) is 11.3. The third kappa shape index (κ3) is 3.53. The van der Waals surface area contributed by atoms with Gasteiger partial charge in [0, 0.05) is 16.5 Å². The number of nitrogens with one attached hydrogen (secondary N) is 1. The van der Waals surface area contributed by atoms with E-state index < -0.39 is 0 Å². The van der Waals surface area contributed by atoms with Gasteiger partial charge in [-0.2, -0.15) is 0 Å². The maximum atomic E-state index is 11.2. The number of anilines is 1. The number of benzene rings is 1. The van der Waals surface area contributed by atoms with Crippen LogP contribution in [0.2, 0.25) is 0 Å². The lowest BCUT2D eigenvalue weighted by molar-refractivity contribution is -0.115.